The van der Waals surface area contributed by atoms with E-state index >= 15 is 4.39 Å². The molecule has 168 valence electrons. The second-order valence-corrected chi connectivity index (χ2v) is 8.40. The first-order chi connectivity index (χ1) is 15.3. The van der Waals surface area contributed by atoms with Gasteiger partial charge in [0.1, 0.15) is 11.6 Å². The molecule has 3 aromatic rings. The molecule has 1 aromatic heterocycles. The van der Waals surface area contributed by atoms with E-state index in [4.69, 9.17) is 4.52 Å². The highest BCUT2D eigenvalue weighted by Crippen LogP contribution is 2.29. The van der Waals surface area contributed by atoms with Crippen LogP contribution in [0.4, 0.5) is 13.2 Å². The van der Waals surface area contributed by atoms with E-state index < -0.39 is 29.3 Å². The zero-order valence-corrected chi connectivity index (χ0v) is 17.8. The van der Waals surface area contributed by atoms with Gasteiger partial charge in [0.15, 0.2) is 0 Å². The number of piperazine rings is 1. The monoisotopic (exact) mass is 443 g/mol. The fourth-order valence-electron chi connectivity index (χ4n) is 4.10. The van der Waals surface area contributed by atoms with Crippen molar-refractivity contribution in [3.8, 4) is 11.3 Å². The summed E-state index contributed by atoms with van der Waals surface area (Å²) in [5.74, 6) is -2.29. The maximum absolute atomic E-state index is 15.1. The Morgan fingerprint density at radius 2 is 1.88 bits per heavy atom. The van der Waals surface area contributed by atoms with Crippen LogP contribution in [0.1, 0.15) is 42.4 Å². The Hall–Kier alpha value is -3.13. The Morgan fingerprint density at radius 3 is 2.56 bits per heavy atom. The molecular formula is C24H24F3N3O2. The average Bonchev–Trinajstić information content (AvgIpc) is 3.15. The van der Waals surface area contributed by atoms with Gasteiger partial charge < -0.3 is 14.7 Å². The van der Waals surface area contributed by atoms with Gasteiger partial charge >= 0.3 is 0 Å². The van der Waals surface area contributed by atoms with Gasteiger partial charge in [0.05, 0.1) is 6.04 Å². The van der Waals surface area contributed by atoms with Crippen molar-refractivity contribution in [2.24, 2.45) is 5.92 Å². The molecule has 0 saturated carbocycles. The van der Waals surface area contributed by atoms with Crippen molar-refractivity contribution in [3.63, 3.8) is 0 Å². The smallest absolute Gasteiger partial charge is 0.279 e. The predicted molar refractivity (Wildman–Crippen MR) is 113 cm³/mol. The average molecular weight is 443 g/mol. The molecule has 0 aliphatic carbocycles. The van der Waals surface area contributed by atoms with E-state index in [1.54, 1.807) is 23.1 Å². The third-order valence-electron chi connectivity index (χ3n) is 5.65. The normalized spacial score (nSPS) is 18.9. The van der Waals surface area contributed by atoms with Crippen molar-refractivity contribution < 1.29 is 22.5 Å². The van der Waals surface area contributed by atoms with Crippen molar-refractivity contribution in [2.45, 2.75) is 32.4 Å². The Kier molecular flexibility index (Phi) is 6.32. The molecular weight excluding hydrogens is 419 g/mol. The molecule has 2 aromatic carbocycles. The molecule has 4 rings (SSSR count). The summed E-state index contributed by atoms with van der Waals surface area (Å²) in [6.45, 7) is 4.67. The summed E-state index contributed by atoms with van der Waals surface area (Å²) in [7, 11) is 0. The SMILES string of the molecule is CC(C)C[C@H]1CN[C@@H](c2ccccc2F)CN1C(=O)c1noc(-c2ccc(F)cc2)c1F. The summed E-state index contributed by atoms with van der Waals surface area (Å²) in [4.78, 5) is 14.9. The van der Waals surface area contributed by atoms with Crippen molar-refractivity contribution in [3.05, 3.63) is 77.2 Å². The molecule has 1 saturated heterocycles. The maximum atomic E-state index is 15.1. The summed E-state index contributed by atoms with van der Waals surface area (Å²) in [6, 6.07) is 10.8. The molecule has 1 amide bonds. The minimum absolute atomic E-state index is 0.162. The minimum atomic E-state index is -0.897. The zero-order valence-electron chi connectivity index (χ0n) is 17.8. The molecule has 1 fully saturated rings. The second kappa shape index (κ2) is 9.16. The van der Waals surface area contributed by atoms with Gasteiger partial charge in [-0.05, 0) is 42.7 Å². The van der Waals surface area contributed by atoms with Crippen LogP contribution in [-0.4, -0.2) is 35.1 Å². The van der Waals surface area contributed by atoms with Gasteiger partial charge in [-0.3, -0.25) is 4.79 Å². The van der Waals surface area contributed by atoms with E-state index in [1.807, 2.05) is 13.8 Å². The van der Waals surface area contributed by atoms with Gasteiger partial charge in [-0.15, -0.1) is 0 Å². The van der Waals surface area contributed by atoms with Crippen molar-refractivity contribution in [1.82, 2.24) is 15.4 Å². The molecule has 32 heavy (non-hydrogen) atoms. The fraction of sp³-hybridized carbons (Fsp3) is 0.333. The number of benzene rings is 2. The number of halogens is 3. The molecule has 0 radical (unpaired) electrons. The van der Waals surface area contributed by atoms with E-state index in [9.17, 15) is 13.6 Å². The lowest BCUT2D eigenvalue weighted by Gasteiger charge is -2.41. The number of rotatable bonds is 5. The van der Waals surface area contributed by atoms with Gasteiger partial charge in [-0.1, -0.05) is 37.2 Å². The van der Waals surface area contributed by atoms with Crippen LogP contribution in [0.5, 0.6) is 0 Å². The second-order valence-electron chi connectivity index (χ2n) is 8.40. The number of carbonyl (C=O) groups excluding carboxylic acids is 1. The van der Waals surface area contributed by atoms with Crippen LogP contribution in [0.25, 0.3) is 11.3 Å². The summed E-state index contributed by atoms with van der Waals surface area (Å²) in [5.41, 5.74) is 0.284. The van der Waals surface area contributed by atoms with Gasteiger partial charge in [0, 0.05) is 30.3 Å². The molecule has 1 N–H and O–H groups in total. The first-order valence-corrected chi connectivity index (χ1v) is 10.5. The number of nitrogens with one attached hydrogen (secondary N) is 1. The van der Waals surface area contributed by atoms with Crippen LogP contribution in [0.2, 0.25) is 0 Å². The van der Waals surface area contributed by atoms with E-state index in [0.717, 1.165) is 0 Å². The third kappa shape index (κ3) is 4.41. The molecule has 8 heteroatoms. The minimum Gasteiger partial charge on any atom is -0.352 e. The summed E-state index contributed by atoms with van der Waals surface area (Å²) in [6.07, 6.45) is 0.688. The number of aromatic nitrogens is 1. The molecule has 5 nitrogen and oxygen atoms in total. The number of hydrogen-bond donors (Lipinski definition) is 1. The quantitative estimate of drug-likeness (QED) is 0.606. The lowest BCUT2D eigenvalue weighted by Crippen LogP contribution is -2.55. The highest BCUT2D eigenvalue weighted by Gasteiger charge is 2.37. The van der Waals surface area contributed by atoms with Crippen LogP contribution >= 0.6 is 0 Å². The number of carbonyl (C=O) groups is 1. The van der Waals surface area contributed by atoms with E-state index in [1.165, 1.54) is 30.3 Å². The van der Waals surface area contributed by atoms with Crippen LogP contribution in [0, 0.1) is 23.4 Å². The van der Waals surface area contributed by atoms with Crippen molar-refractivity contribution in [1.29, 1.82) is 0 Å². The summed E-state index contributed by atoms with van der Waals surface area (Å²) >= 11 is 0. The Balaban J connectivity index is 1.64. The number of hydrogen-bond acceptors (Lipinski definition) is 4. The maximum Gasteiger partial charge on any atom is 0.279 e. The number of nitrogens with zero attached hydrogens (tertiary/aromatic N) is 2. The molecule has 2 atom stereocenters. The number of amides is 1. The van der Waals surface area contributed by atoms with Gasteiger partial charge in [-0.25, -0.2) is 8.78 Å². The molecule has 0 spiro atoms. The standard InChI is InChI=1S/C24H24F3N3O2/c1-14(2)11-17-12-28-20(18-5-3-4-6-19(18)26)13-30(17)24(31)22-21(27)23(32-29-22)15-7-9-16(25)10-8-15/h3-10,14,17,20,28H,11-13H2,1-2H3/t17-,20+/m0/s1. The zero-order chi connectivity index (χ0) is 22.8. The van der Waals surface area contributed by atoms with Crippen molar-refractivity contribution >= 4 is 5.91 Å². The van der Waals surface area contributed by atoms with Gasteiger partial charge in [0.25, 0.3) is 5.91 Å². The molecule has 1 aliphatic rings. The van der Waals surface area contributed by atoms with Crippen LogP contribution < -0.4 is 5.32 Å². The summed E-state index contributed by atoms with van der Waals surface area (Å²) in [5, 5.41) is 7.00. The molecule has 0 bridgehead atoms. The summed E-state index contributed by atoms with van der Waals surface area (Å²) < 4.78 is 47.8. The Morgan fingerprint density at radius 1 is 1.16 bits per heavy atom. The first-order valence-electron chi connectivity index (χ1n) is 10.5. The van der Waals surface area contributed by atoms with E-state index in [0.29, 0.717) is 24.4 Å². The lowest BCUT2D eigenvalue weighted by atomic mass is 9.95. The molecule has 2 heterocycles. The third-order valence-corrected chi connectivity index (χ3v) is 5.65. The highest BCUT2D eigenvalue weighted by molar-refractivity contribution is 5.94. The van der Waals surface area contributed by atoms with E-state index in [-0.39, 0.29) is 29.7 Å². The molecule has 0 unspecified atom stereocenters. The predicted octanol–water partition coefficient (Wildman–Crippen LogP) is 4.96. The van der Waals surface area contributed by atoms with Gasteiger partial charge in [-0.2, -0.15) is 4.39 Å². The first kappa shape index (κ1) is 22.1. The Bertz CT molecular complexity index is 1100. The van der Waals surface area contributed by atoms with Gasteiger partial charge in [0.2, 0.25) is 17.3 Å². The van der Waals surface area contributed by atoms with Crippen LogP contribution in [0.3, 0.4) is 0 Å². The van der Waals surface area contributed by atoms with Crippen LogP contribution in [0.15, 0.2) is 53.1 Å². The molecule has 1 aliphatic heterocycles. The topological polar surface area (TPSA) is 58.4 Å². The Labute approximate surface area is 184 Å². The van der Waals surface area contributed by atoms with Crippen molar-refractivity contribution in [2.75, 3.05) is 13.1 Å². The lowest BCUT2D eigenvalue weighted by molar-refractivity contribution is 0.0536. The van der Waals surface area contributed by atoms with E-state index in [2.05, 4.69) is 10.5 Å². The fourth-order valence-corrected chi connectivity index (χ4v) is 4.10. The highest BCUT2D eigenvalue weighted by atomic mass is 19.1. The van der Waals surface area contributed by atoms with Crippen LogP contribution in [-0.2, 0) is 0 Å². The largest absolute Gasteiger partial charge is 0.352 e.